The molecule has 2 rings (SSSR count). The quantitative estimate of drug-likeness (QED) is 0.461. The number of anilines is 1. The van der Waals surface area contributed by atoms with Gasteiger partial charge in [0.05, 0.1) is 0 Å². The Labute approximate surface area is 89.0 Å². The van der Waals surface area contributed by atoms with E-state index in [0.717, 1.165) is 33.6 Å². The van der Waals surface area contributed by atoms with E-state index >= 15 is 0 Å². The molecule has 2 aromatic rings. The van der Waals surface area contributed by atoms with Crippen molar-refractivity contribution in [2.75, 3.05) is 5.73 Å². The van der Waals surface area contributed by atoms with Crippen LogP contribution >= 0.6 is 0 Å². The van der Waals surface area contributed by atoms with Crippen LogP contribution in [0.15, 0.2) is 36.4 Å². The summed E-state index contributed by atoms with van der Waals surface area (Å²) in [6.07, 6.45) is 0. The molecule has 0 aromatic heterocycles. The molecule has 2 N–H and O–H groups in total. The third-order valence-corrected chi connectivity index (χ3v) is 2.69. The van der Waals surface area contributed by atoms with Crippen molar-refractivity contribution in [2.24, 2.45) is 0 Å². The Hall–Kier alpha value is -0.500. The zero-order chi connectivity index (χ0) is 8.55. The summed E-state index contributed by atoms with van der Waals surface area (Å²) in [6, 6.07) is 12.5. The van der Waals surface area contributed by atoms with Gasteiger partial charge in [-0.25, -0.2) is 0 Å². The van der Waals surface area contributed by atoms with Crippen molar-refractivity contribution in [1.29, 1.82) is 0 Å². The third kappa shape index (κ3) is 1.36. The topological polar surface area (TPSA) is 26.0 Å². The molecule has 0 atom stereocenters. The van der Waals surface area contributed by atoms with Gasteiger partial charge >= 0.3 is 89.3 Å². The summed E-state index contributed by atoms with van der Waals surface area (Å²) < 4.78 is 1.39. The molecule has 0 saturated carbocycles. The number of nitrogens with two attached hydrogens (primary N) is 1. The summed E-state index contributed by atoms with van der Waals surface area (Å²) in [5, 5.41) is 2.42. The van der Waals surface area contributed by atoms with Gasteiger partial charge in [-0.2, -0.15) is 0 Å². The molecule has 54 valence electrons. The van der Waals surface area contributed by atoms with Crippen molar-refractivity contribution in [3.63, 3.8) is 0 Å². The summed E-state index contributed by atoms with van der Waals surface area (Å²) in [5.74, 6) is 0. The second-order valence-corrected chi connectivity index (χ2v) is 4.23. The molecule has 0 unspecified atom stereocenters. The minimum absolute atomic E-state index is 0.880. The molecule has 0 spiro atoms. The van der Waals surface area contributed by atoms with Crippen LogP contribution in [0.4, 0.5) is 5.69 Å². The molecule has 2 heteroatoms. The van der Waals surface area contributed by atoms with Gasteiger partial charge in [0, 0.05) is 0 Å². The number of hydrogen-bond donors (Lipinski definition) is 1. The predicted octanol–water partition coefficient (Wildman–Crippen LogP) is 1.22. The molecule has 1 nitrogen and oxygen atoms in total. The molecule has 0 radical (unpaired) electrons. The van der Waals surface area contributed by atoms with Crippen LogP contribution in [0, 0.1) is 0 Å². The van der Waals surface area contributed by atoms with Gasteiger partial charge in [-0.3, -0.25) is 0 Å². The first-order valence-corrected chi connectivity index (χ1v) is 5.02. The van der Waals surface area contributed by atoms with Gasteiger partial charge in [0.15, 0.2) is 0 Å². The first-order valence-electron chi connectivity index (χ1n) is 4.02. The Kier molecular flexibility index (Phi) is 2.09. The minimum atomic E-state index is 0.880. The monoisotopic (exact) mass is 165 g/mol. The van der Waals surface area contributed by atoms with E-state index in [1.165, 1.54) is 13.6 Å². The van der Waals surface area contributed by atoms with Crippen molar-refractivity contribution in [1.82, 2.24) is 0 Å². The fraction of sp³-hybridized carbons (Fsp3) is 0. The molecule has 0 bridgehead atoms. The van der Waals surface area contributed by atoms with E-state index < -0.39 is 0 Å². The Morgan fingerprint density at radius 1 is 1.08 bits per heavy atom. The van der Waals surface area contributed by atoms with Crippen LogP contribution in [0.2, 0.25) is 0 Å². The summed E-state index contributed by atoms with van der Waals surface area (Å²) >= 11 is 1.09. The van der Waals surface area contributed by atoms with Gasteiger partial charge in [-0.1, -0.05) is 0 Å². The Bertz CT molecular complexity index is 423. The fourth-order valence-electron chi connectivity index (χ4n) is 1.41. The van der Waals surface area contributed by atoms with Crippen LogP contribution in [0.5, 0.6) is 0 Å². The van der Waals surface area contributed by atoms with Gasteiger partial charge < -0.3 is 0 Å². The molecule has 0 aliphatic heterocycles. The van der Waals surface area contributed by atoms with Crippen LogP contribution < -0.4 is 8.55 Å². The summed E-state index contributed by atoms with van der Waals surface area (Å²) in [5.41, 5.74) is 6.72. The molecule has 0 heterocycles. The van der Waals surface area contributed by atoms with Crippen molar-refractivity contribution < 1.29 is 0 Å². The van der Waals surface area contributed by atoms with E-state index in [4.69, 9.17) is 5.73 Å². The SMILES string of the molecule is Nc1cccc2cc[c]([Na])cc12. The maximum atomic E-state index is 5.84. The van der Waals surface area contributed by atoms with E-state index in [2.05, 4.69) is 24.3 Å². The molecule has 0 aliphatic rings. The van der Waals surface area contributed by atoms with Crippen molar-refractivity contribution in [3.05, 3.63) is 36.4 Å². The average Bonchev–Trinajstić information content (AvgIpc) is 2.07. The summed E-state index contributed by atoms with van der Waals surface area (Å²) in [4.78, 5) is 0. The van der Waals surface area contributed by atoms with Crippen molar-refractivity contribution in [2.45, 2.75) is 0 Å². The van der Waals surface area contributed by atoms with E-state index in [1.807, 2.05) is 12.1 Å². The zero-order valence-corrected chi connectivity index (χ0v) is 9.04. The molecule has 0 amide bonds. The molecule has 0 saturated heterocycles. The van der Waals surface area contributed by atoms with E-state index in [0.29, 0.717) is 0 Å². The molecule has 12 heavy (non-hydrogen) atoms. The van der Waals surface area contributed by atoms with E-state index in [1.54, 1.807) is 0 Å². The maximum absolute atomic E-state index is 5.84. The van der Waals surface area contributed by atoms with Crippen molar-refractivity contribution in [3.8, 4) is 0 Å². The number of benzene rings is 2. The van der Waals surface area contributed by atoms with Crippen LogP contribution in [-0.4, -0.2) is 27.9 Å². The van der Waals surface area contributed by atoms with Gasteiger partial charge in [-0.15, -0.1) is 0 Å². The fourth-order valence-corrected chi connectivity index (χ4v) is 1.87. The third-order valence-electron chi connectivity index (χ3n) is 2.07. The van der Waals surface area contributed by atoms with Gasteiger partial charge in [0.1, 0.15) is 0 Å². The molecule has 2 aromatic carbocycles. The van der Waals surface area contributed by atoms with E-state index in [-0.39, 0.29) is 0 Å². The molecule has 0 fully saturated rings. The van der Waals surface area contributed by atoms with Crippen LogP contribution in [0.1, 0.15) is 0 Å². The second-order valence-electron chi connectivity index (χ2n) is 3.07. The number of rotatable bonds is 0. The van der Waals surface area contributed by atoms with Crippen molar-refractivity contribution >= 4 is 47.2 Å². The average molecular weight is 165 g/mol. The number of hydrogen-bond acceptors (Lipinski definition) is 1. The Morgan fingerprint density at radius 2 is 1.92 bits per heavy atom. The molecule has 0 aliphatic carbocycles. The van der Waals surface area contributed by atoms with Gasteiger partial charge in [0.2, 0.25) is 0 Å². The number of fused-ring (bicyclic) bond motifs is 1. The van der Waals surface area contributed by atoms with E-state index in [9.17, 15) is 0 Å². The van der Waals surface area contributed by atoms with Crippen LogP contribution in [0.25, 0.3) is 10.8 Å². The Balaban J connectivity index is 2.88. The van der Waals surface area contributed by atoms with Crippen LogP contribution in [0.3, 0.4) is 0 Å². The normalized spacial score (nSPS) is 10.5. The van der Waals surface area contributed by atoms with Gasteiger partial charge in [-0.05, 0) is 0 Å². The van der Waals surface area contributed by atoms with Crippen LogP contribution in [-0.2, 0) is 0 Å². The zero-order valence-electron chi connectivity index (χ0n) is 7.04. The standard InChI is InChI=1S/C10H8N.Na/c11-10-7-3-5-8-4-1-2-6-9(8)10;/h1,3-7H,11H2;. The Morgan fingerprint density at radius 3 is 2.75 bits per heavy atom. The summed E-state index contributed by atoms with van der Waals surface area (Å²) in [7, 11) is 0. The number of nitrogen functional groups attached to an aromatic ring is 1. The first-order chi connectivity index (χ1) is 5.77. The second kappa shape index (κ2) is 3.09. The summed E-state index contributed by atoms with van der Waals surface area (Å²) in [6.45, 7) is 0. The first kappa shape index (κ1) is 8.11. The predicted molar refractivity (Wildman–Crippen MR) is 53.7 cm³/mol. The molecular weight excluding hydrogens is 157 g/mol. The van der Waals surface area contributed by atoms with Gasteiger partial charge in [0.25, 0.3) is 0 Å². The molecular formula is C10H8NNa.